The van der Waals surface area contributed by atoms with Crippen LogP contribution in [0.4, 0.5) is 16.2 Å². The van der Waals surface area contributed by atoms with Crippen LogP contribution in [0.5, 0.6) is 0 Å². The summed E-state index contributed by atoms with van der Waals surface area (Å²) < 4.78 is 6.26. The van der Waals surface area contributed by atoms with E-state index in [-0.39, 0.29) is 12.0 Å². The number of halogens is 1. The maximum absolute atomic E-state index is 12.4. The van der Waals surface area contributed by atoms with E-state index >= 15 is 0 Å². The fraction of sp³-hybridized carbons (Fsp3) is 0.364. The molecule has 0 aromatic heterocycles. The Labute approximate surface area is 180 Å². The smallest absolute Gasteiger partial charge is 0.410 e. The van der Waals surface area contributed by atoms with Gasteiger partial charge in [0.2, 0.25) is 0 Å². The predicted molar refractivity (Wildman–Crippen MR) is 121 cm³/mol. The van der Waals surface area contributed by atoms with Crippen LogP contribution in [0.15, 0.2) is 46.9 Å². The molecule has 2 N–H and O–H groups in total. The lowest BCUT2D eigenvalue weighted by atomic mass is 10.1. The van der Waals surface area contributed by atoms with Crippen molar-refractivity contribution in [1.29, 1.82) is 0 Å². The first-order valence-electron chi connectivity index (χ1n) is 9.41. The molecule has 2 aromatic rings. The SMILES string of the molecule is Cc1cc(NCCN(C)C(=O)OC(C)(C)C)ccc1NC(=O)c1ccc(Br)cc1. The number of hydrogen-bond donors (Lipinski definition) is 2. The first-order chi connectivity index (χ1) is 13.5. The largest absolute Gasteiger partial charge is 0.444 e. The van der Waals surface area contributed by atoms with Crippen LogP contribution in [0, 0.1) is 6.92 Å². The van der Waals surface area contributed by atoms with Gasteiger partial charge < -0.3 is 20.3 Å². The maximum Gasteiger partial charge on any atom is 0.410 e. The van der Waals surface area contributed by atoms with Gasteiger partial charge in [-0.2, -0.15) is 0 Å². The summed E-state index contributed by atoms with van der Waals surface area (Å²) >= 11 is 3.36. The van der Waals surface area contributed by atoms with Gasteiger partial charge in [-0.1, -0.05) is 15.9 Å². The number of likely N-dealkylation sites (N-methyl/N-ethyl adjacent to an activating group) is 1. The Balaban J connectivity index is 1.88. The first-order valence-corrected chi connectivity index (χ1v) is 10.2. The number of hydrogen-bond acceptors (Lipinski definition) is 4. The Morgan fingerprint density at radius 3 is 2.34 bits per heavy atom. The van der Waals surface area contributed by atoms with Crippen LogP contribution in [0.25, 0.3) is 0 Å². The third kappa shape index (κ3) is 7.42. The molecule has 0 bridgehead atoms. The molecule has 2 aromatic carbocycles. The molecular weight excluding hydrogens is 434 g/mol. The van der Waals surface area contributed by atoms with E-state index in [4.69, 9.17) is 4.74 Å². The molecule has 0 unspecified atom stereocenters. The minimum absolute atomic E-state index is 0.153. The Bertz CT molecular complexity index is 861. The average Bonchev–Trinajstić information content (AvgIpc) is 2.62. The number of rotatable bonds is 6. The second-order valence-corrected chi connectivity index (χ2v) is 8.74. The fourth-order valence-electron chi connectivity index (χ4n) is 2.51. The Kier molecular flexibility index (Phi) is 7.67. The summed E-state index contributed by atoms with van der Waals surface area (Å²) in [7, 11) is 1.71. The van der Waals surface area contributed by atoms with Crippen molar-refractivity contribution in [2.45, 2.75) is 33.3 Å². The molecular formula is C22H28BrN3O3. The number of amides is 2. The molecule has 0 radical (unpaired) electrons. The highest BCUT2D eigenvalue weighted by Gasteiger charge is 2.19. The lowest BCUT2D eigenvalue weighted by Crippen LogP contribution is -2.36. The molecule has 6 nitrogen and oxygen atoms in total. The first kappa shape index (κ1) is 22.7. The fourth-order valence-corrected chi connectivity index (χ4v) is 2.77. The lowest BCUT2D eigenvalue weighted by Gasteiger charge is -2.24. The minimum Gasteiger partial charge on any atom is -0.444 e. The van der Waals surface area contributed by atoms with Crippen LogP contribution in [-0.4, -0.2) is 42.6 Å². The van der Waals surface area contributed by atoms with E-state index in [2.05, 4.69) is 26.6 Å². The molecule has 156 valence electrons. The second kappa shape index (κ2) is 9.78. The van der Waals surface area contributed by atoms with E-state index in [1.807, 2.05) is 58.0 Å². The number of nitrogens with one attached hydrogen (secondary N) is 2. The van der Waals surface area contributed by atoms with Gasteiger partial charge in [-0.05, 0) is 75.7 Å². The van der Waals surface area contributed by atoms with Gasteiger partial charge in [0.1, 0.15) is 5.60 Å². The van der Waals surface area contributed by atoms with Crippen molar-refractivity contribution in [2.75, 3.05) is 30.8 Å². The highest BCUT2D eigenvalue weighted by atomic mass is 79.9. The van der Waals surface area contributed by atoms with Crippen molar-refractivity contribution in [3.05, 3.63) is 58.1 Å². The van der Waals surface area contributed by atoms with E-state index in [0.717, 1.165) is 21.4 Å². The van der Waals surface area contributed by atoms with Gasteiger partial charge in [-0.3, -0.25) is 4.79 Å². The van der Waals surface area contributed by atoms with Gasteiger partial charge in [0.25, 0.3) is 5.91 Å². The normalized spacial score (nSPS) is 11.0. The zero-order valence-corrected chi connectivity index (χ0v) is 19.1. The van der Waals surface area contributed by atoms with Crippen LogP contribution in [0.2, 0.25) is 0 Å². The van der Waals surface area contributed by atoms with Gasteiger partial charge in [-0.25, -0.2) is 4.79 Å². The molecule has 29 heavy (non-hydrogen) atoms. The number of aryl methyl sites for hydroxylation is 1. The van der Waals surface area contributed by atoms with E-state index in [9.17, 15) is 9.59 Å². The molecule has 0 atom stereocenters. The second-order valence-electron chi connectivity index (χ2n) is 7.82. The van der Waals surface area contributed by atoms with Gasteiger partial charge in [-0.15, -0.1) is 0 Å². The van der Waals surface area contributed by atoms with E-state index in [1.54, 1.807) is 19.2 Å². The van der Waals surface area contributed by atoms with Gasteiger partial charge in [0, 0.05) is 41.5 Å². The maximum atomic E-state index is 12.4. The van der Waals surface area contributed by atoms with Crippen molar-refractivity contribution in [3.8, 4) is 0 Å². The third-order valence-electron chi connectivity index (χ3n) is 4.06. The van der Waals surface area contributed by atoms with Gasteiger partial charge >= 0.3 is 6.09 Å². The number of benzene rings is 2. The Morgan fingerprint density at radius 1 is 1.10 bits per heavy atom. The molecule has 0 aliphatic rings. The number of carbonyl (C=O) groups excluding carboxylic acids is 2. The topological polar surface area (TPSA) is 70.7 Å². The van der Waals surface area contributed by atoms with Crippen molar-refractivity contribution in [2.24, 2.45) is 0 Å². The molecule has 0 aliphatic heterocycles. The van der Waals surface area contributed by atoms with Crippen LogP contribution in [-0.2, 0) is 4.74 Å². The molecule has 0 spiro atoms. The summed E-state index contributed by atoms with van der Waals surface area (Å²) in [5.74, 6) is -0.153. The highest BCUT2D eigenvalue weighted by molar-refractivity contribution is 9.10. The summed E-state index contributed by atoms with van der Waals surface area (Å²) in [4.78, 5) is 25.9. The molecule has 0 heterocycles. The summed E-state index contributed by atoms with van der Waals surface area (Å²) in [6.45, 7) is 8.56. The van der Waals surface area contributed by atoms with E-state index in [1.165, 1.54) is 4.90 Å². The van der Waals surface area contributed by atoms with E-state index < -0.39 is 5.60 Å². The van der Waals surface area contributed by atoms with Crippen molar-refractivity contribution in [1.82, 2.24) is 4.90 Å². The average molecular weight is 462 g/mol. The molecule has 0 saturated heterocycles. The standard InChI is InChI=1S/C22H28BrN3O3/c1-15-14-18(24-12-13-26(5)21(28)29-22(2,3)4)10-11-19(15)25-20(27)16-6-8-17(23)9-7-16/h6-11,14,24H,12-13H2,1-5H3,(H,25,27). The number of carbonyl (C=O) groups is 2. The number of ether oxygens (including phenoxy) is 1. The van der Waals surface area contributed by atoms with Crippen LogP contribution in [0.3, 0.4) is 0 Å². The highest BCUT2D eigenvalue weighted by Crippen LogP contribution is 2.21. The van der Waals surface area contributed by atoms with Crippen molar-refractivity contribution < 1.29 is 14.3 Å². The monoisotopic (exact) mass is 461 g/mol. The quantitative estimate of drug-likeness (QED) is 0.612. The Morgan fingerprint density at radius 2 is 1.76 bits per heavy atom. The molecule has 2 rings (SSSR count). The predicted octanol–water partition coefficient (Wildman–Crippen LogP) is 5.29. The van der Waals surface area contributed by atoms with Crippen molar-refractivity contribution >= 4 is 39.3 Å². The number of nitrogens with zero attached hydrogens (tertiary/aromatic N) is 1. The van der Waals surface area contributed by atoms with Gasteiger partial charge in [0.05, 0.1) is 0 Å². The van der Waals surface area contributed by atoms with Crippen LogP contribution in [0.1, 0.15) is 36.7 Å². The summed E-state index contributed by atoms with van der Waals surface area (Å²) in [5, 5.41) is 6.22. The van der Waals surface area contributed by atoms with Crippen molar-refractivity contribution in [3.63, 3.8) is 0 Å². The zero-order chi connectivity index (χ0) is 21.6. The van der Waals surface area contributed by atoms with E-state index in [0.29, 0.717) is 18.7 Å². The third-order valence-corrected chi connectivity index (χ3v) is 4.59. The molecule has 2 amide bonds. The molecule has 0 saturated carbocycles. The molecule has 0 fully saturated rings. The summed E-state index contributed by atoms with van der Waals surface area (Å²) in [5.41, 5.74) is 2.71. The number of anilines is 2. The van der Waals surface area contributed by atoms with Crippen LogP contribution >= 0.6 is 15.9 Å². The Hall–Kier alpha value is -2.54. The summed E-state index contributed by atoms with van der Waals surface area (Å²) in [6.07, 6.45) is -0.346. The minimum atomic E-state index is -0.508. The lowest BCUT2D eigenvalue weighted by molar-refractivity contribution is 0.0305. The van der Waals surface area contributed by atoms with Crippen LogP contribution < -0.4 is 10.6 Å². The van der Waals surface area contributed by atoms with Gasteiger partial charge in [0.15, 0.2) is 0 Å². The zero-order valence-electron chi connectivity index (χ0n) is 17.5. The molecule has 7 heteroatoms. The summed E-state index contributed by atoms with van der Waals surface area (Å²) in [6, 6.07) is 12.9. The molecule has 0 aliphatic carbocycles.